The third-order valence-corrected chi connectivity index (χ3v) is 4.38. The molecule has 1 saturated heterocycles. The Morgan fingerprint density at radius 3 is 2.50 bits per heavy atom. The van der Waals surface area contributed by atoms with E-state index in [-0.39, 0.29) is 37.7 Å². The standard InChI is InChI=1S/C18H27N3O5/c1-13(2)20(9-10-22)17(23)12-19-7-8-21(18(19)24)14-5-6-15(25-3)16(11-14)26-4/h5-6,11,13,22H,7-10,12H2,1-4H3. The van der Waals surface area contributed by atoms with Crippen molar-refractivity contribution in [2.75, 3.05) is 51.9 Å². The van der Waals surface area contributed by atoms with Crippen molar-refractivity contribution in [3.8, 4) is 11.5 Å². The monoisotopic (exact) mass is 365 g/mol. The first-order valence-corrected chi connectivity index (χ1v) is 8.61. The summed E-state index contributed by atoms with van der Waals surface area (Å²) >= 11 is 0. The number of aliphatic hydroxyl groups excluding tert-OH is 1. The van der Waals surface area contributed by atoms with Crippen LogP contribution in [0.5, 0.6) is 11.5 Å². The molecule has 26 heavy (non-hydrogen) atoms. The minimum Gasteiger partial charge on any atom is -0.493 e. The molecule has 1 aliphatic rings. The van der Waals surface area contributed by atoms with E-state index in [0.29, 0.717) is 30.3 Å². The maximum absolute atomic E-state index is 12.7. The number of anilines is 1. The third-order valence-electron chi connectivity index (χ3n) is 4.38. The summed E-state index contributed by atoms with van der Waals surface area (Å²) in [5, 5.41) is 9.13. The van der Waals surface area contributed by atoms with Gasteiger partial charge in [-0.05, 0) is 26.0 Å². The lowest BCUT2D eigenvalue weighted by Crippen LogP contribution is -2.46. The minimum absolute atomic E-state index is 0.000797. The second-order valence-corrected chi connectivity index (χ2v) is 6.30. The van der Waals surface area contributed by atoms with Gasteiger partial charge in [0.1, 0.15) is 6.54 Å². The highest BCUT2D eigenvalue weighted by Gasteiger charge is 2.32. The normalized spacial score (nSPS) is 14.2. The van der Waals surface area contributed by atoms with Crippen molar-refractivity contribution in [2.24, 2.45) is 0 Å². The van der Waals surface area contributed by atoms with Gasteiger partial charge in [0.15, 0.2) is 11.5 Å². The molecule has 1 N–H and O–H groups in total. The third kappa shape index (κ3) is 4.19. The van der Waals surface area contributed by atoms with Crippen LogP contribution in [0.2, 0.25) is 0 Å². The SMILES string of the molecule is COc1ccc(N2CCN(CC(=O)N(CCO)C(C)C)C2=O)cc1OC. The molecule has 1 aromatic carbocycles. The zero-order valence-electron chi connectivity index (χ0n) is 15.8. The summed E-state index contributed by atoms with van der Waals surface area (Å²) in [4.78, 5) is 29.9. The van der Waals surface area contributed by atoms with Crippen molar-refractivity contribution in [2.45, 2.75) is 19.9 Å². The maximum Gasteiger partial charge on any atom is 0.325 e. The molecule has 3 amide bonds. The van der Waals surface area contributed by atoms with Gasteiger partial charge >= 0.3 is 6.03 Å². The molecule has 1 heterocycles. The van der Waals surface area contributed by atoms with Crippen LogP contribution in [0.4, 0.5) is 10.5 Å². The average molecular weight is 365 g/mol. The lowest BCUT2D eigenvalue weighted by Gasteiger charge is -2.28. The molecule has 0 aliphatic carbocycles. The Morgan fingerprint density at radius 1 is 1.23 bits per heavy atom. The number of ether oxygens (including phenoxy) is 2. The van der Waals surface area contributed by atoms with E-state index in [0.717, 1.165) is 0 Å². The Balaban J connectivity index is 2.09. The van der Waals surface area contributed by atoms with Crippen LogP contribution >= 0.6 is 0 Å². The Morgan fingerprint density at radius 2 is 1.92 bits per heavy atom. The molecule has 0 unspecified atom stereocenters. The van der Waals surface area contributed by atoms with E-state index in [1.54, 1.807) is 42.2 Å². The largest absolute Gasteiger partial charge is 0.493 e. The summed E-state index contributed by atoms with van der Waals surface area (Å²) in [6.07, 6.45) is 0. The van der Waals surface area contributed by atoms with E-state index in [9.17, 15) is 9.59 Å². The van der Waals surface area contributed by atoms with Gasteiger partial charge in [-0.1, -0.05) is 0 Å². The maximum atomic E-state index is 12.7. The number of rotatable bonds is 8. The molecule has 8 nitrogen and oxygen atoms in total. The number of benzene rings is 1. The van der Waals surface area contributed by atoms with Crippen LogP contribution < -0.4 is 14.4 Å². The number of hydrogen-bond acceptors (Lipinski definition) is 5. The molecule has 1 fully saturated rings. The Kier molecular flexibility index (Phi) is 6.68. The van der Waals surface area contributed by atoms with E-state index in [1.807, 2.05) is 13.8 Å². The summed E-state index contributed by atoms with van der Waals surface area (Å²) in [5.41, 5.74) is 0.693. The number of amides is 3. The van der Waals surface area contributed by atoms with Gasteiger partial charge in [0, 0.05) is 37.4 Å². The van der Waals surface area contributed by atoms with E-state index in [1.165, 1.54) is 4.90 Å². The summed E-state index contributed by atoms with van der Waals surface area (Å²) < 4.78 is 10.5. The molecular weight excluding hydrogens is 338 g/mol. The Bertz CT molecular complexity index is 650. The van der Waals surface area contributed by atoms with Gasteiger partial charge in [0.05, 0.1) is 20.8 Å². The molecule has 1 aliphatic heterocycles. The van der Waals surface area contributed by atoms with E-state index < -0.39 is 0 Å². The summed E-state index contributed by atoms with van der Waals surface area (Å²) in [6, 6.07) is 5.02. The van der Waals surface area contributed by atoms with Crippen molar-refractivity contribution in [1.82, 2.24) is 9.80 Å². The lowest BCUT2D eigenvalue weighted by atomic mass is 10.2. The summed E-state index contributed by atoms with van der Waals surface area (Å²) in [7, 11) is 3.10. The van der Waals surface area contributed by atoms with Gasteiger partial charge in [-0.2, -0.15) is 0 Å². The number of carbonyl (C=O) groups excluding carboxylic acids is 2. The fourth-order valence-corrected chi connectivity index (χ4v) is 2.99. The molecule has 0 saturated carbocycles. The molecule has 144 valence electrons. The first-order valence-electron chi connectivity index (χ1n) is 8.61. The number of aliphatic hydroxyl groups is 1. The van der Waals surface area contributed by atoms with Crippen molar-refractivity contribution in [1.29, 1.82) is 0 Å². The first-order chi connectivity index (χ1) is 12.4. The number of hydrogen-bond donors (Lipinski definition) is 1. The minimum atomic E-state index is -0.224. The van der Waals surface area contributed by atoms with Crippen molar-refractivity contribution in [3.05, 3.63) is 18.2 Å². The van der Waals surface area contributed by atoms with Crippen LogP contribution in [-0.2, 0) is 4.79 Å². The van der Waals surface area contributed by atoms with E-state index >= 15 is 0 Å². The summed E-state index contributed by atoms with van der Waals surface area (Å²) in [6.45, 7) is 4.88. The molecule has 0 radical (unpaired) electrons. The van der Waals surface area contributed by atoms with Crippen molar-refractivity contribution >= 4 is 17.6 Å². The smallest absolute Gasteiger partial charge is 0.325 e. The Labute approximate surface area is 153 Å². The van der Waals surface area contributed by atoms with Crippen LogP contribution in [0.3, 0.4) is 0 Å². The molecule has 0 atom stereocenters. The number of methoxy groups -OCH3 is 2. The van der Waals surface area contributed by atoms with Crippen LogP contribution in [0.1, 0.15) is 13.8 Å². The highest BCUT2D eigenvalue weighted by Crippen LogP contribution is 2.32. The van der Waals surface area contributed by atoms with Crippen LogP contribution in [0.15, 0.2) is 18.2 Å². The molecule has 2 rings (SSSR count). The molecule has 0 bridgehead atoms. The lowest BCUT2D eigenvalue weighted by molar-refractivity contribution is -0.133. The Hall–Kier alpha value is -2.48. The number of carbonyl (C=O) groups is 2. The second kappa shape index (κ2) is 8.75. The fourth-order valence-electron chi connectivity index (χ4n) is 2.99. The molecule has 0 aromatic heterocycles. The second-order valence-electron chi connectivity index (χ2n) is 6.30. The topological polar surface area (TPSA) is 82.5 Å². The average Bonchev–Trinajstić information content (AvgIpc) is 2.99. The quantitative estimate of drug-likeness (QED) is 0.748. The van der Waals surface area contributed by atoms with Gasteiger partial charge in [0.2, 0.25) is 5.91 Å². The first kappa shape index (κ1) is 19.8. The number of urea groups is 1. The highest BCUT2D eigenvalue weighted by atomic mass is 16.5. The molecular formula is C18H27N3O5. The van der Waals surface area contributed by atoms with Gasteiger partial charge in [-0.15, -0.1) is 0 Å². The van der Waals surface area contributed by atoms with Gasteiger partial charge < -0.3 is 24.4 Å². The van der Waals surface area contributed by atoms with Crippen LogP contribution in [0.25, 0.3) is 0 Å². The van der Waals surface area contributed by atoms with Gasteiger partial charge in [-0.25, -0.2) is 4.79 Å². The zero-order valence-corrected chi connectivity index (χ0v) is 15.8. The molecule has 0 spiro atoms. The zero-order chi connectivity index (χ0) is 19.3. The highest BCUT2D eigenvalue weighted by molar-refractivity contribution is 5.96. The molecule has 8 heteroatoms. The van der Waals surface area contributed by atoms with Crippen LogP contribution in [-0.4, -0.2) is 79.9 Å². The van der Waals surface area contributed by atoms with Crippen molar-refractivity contribution < 1.29 is 24.2 Å². The van der Waals surface area contributed by atoms with Crippen LogP contribution in [0, 0.1) is 0 Å². The van der Waals surface area contributed by atoms with E-state index in [4.69, 9.17) is 14.6 Å². The van der Waals surface area contributed by atoms with Gasteiger partial charge in [0.25, 0.3) is 0 Å². The van der Waals surface area contributed by atoms with E-state index in [2.05, 4.69) is 0 Å². The summed E-state index contributed by atoms with van der Waals surface area (Å²) in [5.74, 6) is 0.962. The van der Waals surface area contributed by atoms with Crippen molar-refractivity contribution in [3.63, 3.8) is 0 Å². The predicted octanol–water partition coefficient (Wildman–Crippen LogP) is 1.18. The molecule has 1 aromatic rings. The predicted molar refractivity (Wildman–Crippen MR) is 97.8 cm³/mol. The van der Waals surface area contributed by atoms with Gasteiger partial charge in [-0.3, -0.25) is 9.69 Å². The number of nitrogens with zero attached hydrogens (tertiary/aromatic N) is 3. The fraction of sp³-hybridized carbons (Fsp3) is 0.556.